The van der Waals surface area contributed by atoms with Gasteiger partial charge in [0.2, 0.25) is 11.7 Å². The molecule has 0 saturated carbocycles. The SMILES string of the molecule is COCCn1cnnc1SCc1nc(-c2cccc(Cl)c2)no1. The van der Waals surface area contributed by atoms with Crippen molar-refractivity contribution in [3.8, 4) is 11.4 Å². The average molecular weight is 352 g/mol. The summed E-state index contributed by atoms with van der Waals surface area (Å²) >= 11 is 7.45. The van der Waals surface area contributed by atoms with E-state index in [4.69, 9.17) is 20.9 Å². The van der Waals surface area contributed by atoms with Crippen LogP contribution in [0.3, 0.4) is 0 Å². The third-order valence-electron chi connectivity index (χ3n) is 2.99. The summed E-state index contributed by atoms with van der Waals surface area (Å²) in [6, 6.07) is 7.33. The van der Waals surface area contributed by atoms with Crippen LogP contribution in [0.15, 0.2) is 40.3 Å². The highest BCUT2D eigenvalue weighted by molar-refractivity contribution is 7.98. The second kappa shape index (κ2) is 7.58. The van der Waals surface area contributed by atoms with Crippen molar-refractivity contribution < 1.29 is 9.26 Å². The van der Waals surface area contributed by atoms with Gasteiger partial charge < -0.3 is 13.8 Å². The maximum atomic E-state index is 5.97. The lowest BCUT2D eigenvalue weighted by molar-refractivity contribution is 0.184. The standard InChI is InChI=1S/C14H14ClN5O2S/c1-21-6-5-20-9-16-18-14(20)23-8-12-17-13(19-22-12)10-3-2-4-11(15)7-10/h2-4,7,9H,5-6,8H2,1H3. The van der Waals surface area contributed by atoms with Crippen LogP contribution in [-0.4, -0.2) is 38.6 Å². The van der Waals surface area contributed by atoms with E-state index >= 15 is 0 Å². The number of benzene rings is 1. The van der Waals surface area contributed by atoms with Crippen LogP contribution in [0, 0.1) is 0 Å². The van der Waals surface area contributed by atoms with Crippen molar-refractivity contribution in [2.45, 2.75) is 17.5 Å². The number of halogens is 1. The molecule has 0 bridgehead atoms. The lowest BCUT2D eigenvalue weighted by Gasteiger charge is -2.03. The van der Waals surface area contributed by atoms with Gasteiger partial charge >= 0.3 is 0 Å². The summed E-state index contributed by atoms with van der Waals surface area (Å²) in [6.07, 6.45) is 1.67. The van der Waals surface area contributed by atoms with E-state index < -0.39 is 0 Å². The largest absolute Gasteiger partial charge is 0.383 e. The lowest BCUT2D eigenvalue weighted by Crippen LogP contribution is -2.04. The maximum absolute atomic E-state index is 5.97. The van der Waals surface area contributed by atoms with Gasteiger partial charge in [0.1, 0.15) is 6.33 Å². The van der Waals surface area contributed by atoms with Crippen molar-refractivity contribution in [1.82, 2.24) is 24.9 Å². The first-order valence-corrected chi connectivity index (χ1v) is 8.20. The fraction of sp³-hybridized carbons (Fsp3) is 0.286. The van der Waals surface area contributed by atoms with Crippen LogP contribution < -0.4 is 0 Å². The Morgan fingerprint density at radius 3 is 3.13 bits per heavy atom. The molecule has 0 saturated heterocycles. The Bertz CT molecular complexity index is 776. The summed E-state index contributed by atoms with van der Waals surface area (Å²) in [7, 11) is 1.66. The Kier molecular flexibility index (Phi) is 5.27. The molecule has 0 aliphatic rings. The first kappa shape index (κ1) is 16.0. The van der Waals surface area contributed by atoms with Gasteiger partial charge in [-0.2, -0.15) is 4.98 Å². The zero-order valence-corrected chi connectivity index (χ0v) is 13.9. The van der Waals surface area contributed by atoms with Crippen molar-refractivity contribution in [2.75, 3.05) is 13.7 Å². The van der Waals surface area contributed by atoms with Crippen molar-refractivity contribution in [1.29, 1.82) is 0 Å². The molecular weight excluding hydrogens is 338 g/mol. The highest BCUT2D eigenvalue weighted by atomic mass is 35.5. The van der Waals surface area contributed by atoms with Crippen LogP contribution >= 0.6 is 23.4 Å². The molecule has 9 heteroatoms. The minimum atomic E-state index is 0.513. The van der Waals surface area contributed by atoms with Gasteiger partial charge in [-0.25, -0.2) is 0 Å². The van der Waals surface area contributed by atoms with E-state index in [9.17, 15) is 0 Å². The van der Waals surface area contributed by atoms with Gasteiger partial charge in [0, 0.05) is 24.2 Å². The zero-order chi connectivity index (χ0) is 16.1. The molecule has 0 aliphatic carbocycles. The van der Waals surface area contributed by atoms with Gasteiger partial charge in [-0.3, -0.25) is 0 Å². The van der Waals surface area contributed by atoms with Gasteiger partial charge in [0.15, 0.2) is 5.16 Å². The molecule has 0 amide bonds. The highest BCUT2D eigenvalue weighted by Crippen LogP contribution is 2.23. The summed E-state index contributed by atoms with van der Waals surface area (Å²) in [4.78, 5) is 4.37. The van der Waals surface area contributed by atoms with E-state index in [2.05, 4.69) is 20.3 Å². The minimum Gasteiger partial charge on any atom is -0.383 e. The number of ether oxygens (including phenoxy) is 1. The second-order valence-electron chi connectivity index (χ2n) is 4.61. The fourth-order valence-electron chi connectivity index (χ4n) is 1.88. The number of hydrogen-bond acceptors (Lipinski definition) is 7. The molecular formula is C14H14ClN5O2S. The first-order valence-electron chi connectivity index (χ1n) is 6.84. The van der Waals surface area contributed by atoms with E-state index in [1.165, 1.54) is 11.8 Å². The van der Waals surface area contributed by atoms with Crippen molar-refractivity contribution in [2.24, 2.45) is 0 Å². The molecule has 3 rings (SSSR count). The molecule has 3 aromatic rings. The molecule has 2 aromatic heterocycles. The predicted octanol–water partition coefficient (Wildman–Crippen LogP) is 2.92. The molecule has 0 radical (unpaired) electrons. The molecule has 23 heavy (non-hydrogen) atoms. The van der Waals surface area contributed by atoms with E-state index in [1.807, 2.05) is 16.7 Å². The maximum Gasteiger partial charge on any atom is 0.237 e. The molecule has 0 aliphatic heterocycles. The van der Waals surface area contributed by atoms with Gasteiger partial charge in [0.25, 0.3) is 0 Å². The Morgan fingerprint density at radius 1 is 1.39 bits per heavy atom. The van der Waals surface area contributed by atoms with Crippen molar-refractivity contribution in [3.63, 3.8) is 0 Å². The Hall–Kier alpha value is -1.90. The Morgan fingerprint density at radius 2 is 2.30 bits per heavy atom. The third-order valence-corrected chi connectivity index (χ3v) is 4.19. The summed E-state index contributed by atoms with van der Waals surface area (Å²) in [5, 5.41) is 13.4. The molecule has 120 valence electrons. The molecule has 0 spiro atoms. The molecule has 1 aromatic carbocycles. The van der Waals surface area contributed by atoms with Crippen LogP contribution in [0.25, 0.3) is 11.4 Å². The van der Waals surface area contributed by atoms with Crippen LogP contribution in [0.2, 0.25) is 5.02 Å². The molecule has 2 heterocycles. The fourth-order valence-corrected chi connectivity index (χ4v) is 2.85. The summed E-state index contributed by atoms with van der Waals surface area (Å²) in [5.41, 5.74) is 0.820. The summed E-state index contributed by atoms with van der Waals surface area (Å²) in [6.45, 7) is 1.30. The molecule has 0 N–H and O–H groups in total. The van der Waals surface area contributed by atoms with E-state index in [0.29, 0.717) is 35.6 Å². The van der Waals surface area contributed by atoms with Crippen LogP contribution in [0.4, 0.5) is 0 Å². The Balaban J connectivity index is 1.65. The van der Waals surface area contributed by atoms with Gasteiger partial charge in [-0.1, -0.05) is 40.7 Å². The van der Waals surface area contributed by atoms with E-state index in [0.717, 1.165) is 10.7 Å². The van der Waals surface area contributed by atoms with Crippen LogP contribution in [0.1, 0.15) is 5.89 Å². The lowest BCUT2D eigenvalue weighted by atomic mass is 10.2. The van der Waals surface area contributed by atoms with Crippen LogP contribution in [0.5, 0.6) is 0 Å². The number of aromatic nitrogens is 5. The quantitative estimate of drug-likeness (QED) is 0.605. The molecule has 0 unspecified atom stereocenters. The number of thioether (sulfide) groups is 1. The van der Waals surface area contributed by atoms with E-state index in [1.54, 1.807) is 25.6 Å². The van der Waals surface area contributed by atoms with Gasteiger partial charge in [-0.15, -0.1) is 10.2 Å². The van der Waals surface area contributed by atoms with Crippen molar-refractivity contribution >= 4 is 23.4 Å². The molecule has 7 nitrogen and oxygen atoms in total. The predicted molar refractivity (Wildman–Crippen MR) is 86.2 cm³/mol. The minimum absolute atomic E-state index is 0.513. The first-order chi connectivity index (χ1) is 11.3. The number of hydrogen-bond donors (Lipinski definition) is 0. The van der Waals surface area contributed by atoms with Gasteiger partial charge in [0.05, 0.1) is 12.4 Å². The molecule has 0 atom stereocenters. The van der Waals surface area contributed by atoms with Gasteiger partial charge in [-0.05, 0) is 12.1 Å². The number of rotatable bonds is 7. The smallest absolute Gasteiger partial charge is 0.237 e. The Labute approximate surface area is 142 Å². The molecule has 0 fully saturated rings. The van der Waals surface area contributed by atoms with Crippen molar-refractivity contribution in [3.05, 3.63) is 41.5 Å². The second-order valence-corrected chi connectivity index (χ2v) is 5.99. The highest BCUT2D eigenvalue weighted by Gasteiger charge is 2.11. The number of nitrogens with zero attached hydrogens (tertiary/aromatic N) is 5. The van der Waals surface area contributed by atoms with Crippen LogP contribution in [-0.2, 0) is 17.0 Å². The third kappa shape index (κ3) is 4.10. The summed E-state index contributed by atoms with van der Waals surface area (Å²) < 4.78 is 12.2. The zero-order valence-electron chi connectivity index (χ0n) is 12.3. The summed E-state index contributed by atoms with van der Waals surface area (Å²) in [5.74, 6) is 1.55. The topological polar surface area (TPSA) is 78.9 Å². The van der Waals surface area contributed by atoms with E-state index in [-0.39, 0.29) is 0 Å². The number of methoxy groups -OCH3 is 1. The monoisotopic (exact) mass is 351 g/mol. The average Bonchev–Trinajstić information content (AvgIpc) is 3.20. The normalized spacial score (nSPS) is 11.0.